The molecular weight excluding hydrogens is 284 g/mol. The lowest BCUT2D eigenvalue weighted by molar-refractivity contribution is 0.159. The van der Waals surface area contributed by atoms with E-state index < -0.39 is 6.10 Å². The van der Waals surface area contributed by atoms with Crippen molar-refractivity contribution >= 4 is 6.03 Å². The number of aliphatic hydroxyl groups excluding tert-OH is 1. The molecule has 1 heterocycles. The Balaban J connectivity index is 1.96. The van der Waals surface area contributed by atoms with Crippen LogP contribution in [0.1, 0.15) is 63.7 Å². The van der Waals surface area contributed by atoms with Gasteiger partial charge in [0, 0.05) is 19.5 Å². The summed E-state index contributed by atoms with van der Waals surface area (Å²) < 4.78 is 5.33. The van der Waals surface area contributed by atoms with E-state index >= 15 is 0 Å². The van der Waals surface area contributed by atoms with Gasteiger partial charge >= 0.3 is 6.03 Å². The highest BCUT2D eigenvalue weighted by Crippen LogP contribution is 2.38. The first-order valence-corrected chi connectivity index (χ1v) is 7.91. The van der Waals surface area contributed by atoms with Crippen LogP contribution in [0, 0.1) is 5.92 Å². The van der Waals surface area contributed by atoms with Gasteiger partial charge in [-0.3, -0.25) is 0 Å². The number of aromatic nitrogens is 2. The molecule has 2 unspecified atom stereocenters. The summed E-state index contributed by atoms with van der Waals surface area (Å²) in [5.41, 5.74) is 0. The van der Waals surface area contributed by atoms with Crippen molar-refractivity contribution in [3.05, 3.63) is 11.7 Å². The third-order valence-electron chi connectivity index (χ3n) is 3.84. The van der Waals surface area contributed by atoms with Gasteiger partial charge < -0.3 is 19.8 Å². The van der Waals surface area contributed by atoms with Crippen LogP contribution >= 0.6 is 0 Å². The summed E-state index contributed by atoms with van der Waals surface area (Å²) in [5.74, 6) is 1.78. The van der Waals surface area contributed by atoms with Crippen molar-refractivity contribution in [3.63, 3.8) is 0 Å². The lowest BCUT2D eigenvalue weighted by Gasteiger charge is -2.24. The third kappa shape index (κ3) is 4.43. The van der Waals surface area contributed by atoms with E-state index in [2.05, 4.69) is 15.5 Å². The molecule has 0 spiro atoms. The molecule has 7 heteroatoms. The molecule has 1 aliphatic carbocycles. The molecule has 2 N–H and O–H groups in total. The molecule has 7 nitrogen and oxygen atoms in total. The zero-order valence-electron chi connectivity index (χ0n) is 13.7. The predicted molar refractivity (Wildman–Crippen MR) is 81.3 cm³/mol. The number of hydrogen-bond donors (Lipinski definition) is 2. The summed E-state index contributed by atoms with van der Waals surface area (Å²) in [5, 5.41) is 16.2. The van der Waals surface area contributed by atoms with Gasteiger partial charge in [0.1, 0.15) is 6.04 Å². The molecule has 0 aromatic carbocycles. The molecular formula is C15H26N4O3. The molecule has 0 radical (unpaired) electrons. The van der Waals surface area contributed by atoms with Crippen LogP contribution in [0.15, 0.2) is 4.52 Å². The van der Waals surface area contributed by atoms with Crippen molar-refractivity contribution in [1.82, 2.24) is 20.4 Å². The average molecular weight is 310 g/mol. The van der Waals surface area contributed by atoms with Gasteiger partial charge in [-0.25, -0.2) is 4.79 Å². The van der Waals surface area contributed by atoms with E-state index in [1.165, 1.54) is 0 Å². The Hall–Kier alpha value is -1.63. The van der Waals surface area contributed by atoms with Crippen LogP contribution in [0.2, 0.25) is 0 Å². The Bertz CT molecular complexity index is 497. The molecule has 0 aliphatic heterocycles. The SMILES string of the molecule is CC(O)CCN(C)C(=O)NC(c1nc(C2CC2)no1)C(C)C. The fraction of sp³-hybridized carbons (Fsp3) is 0.800. The van der Waals surface area contributed by atoms with Crippen LogP contribution in [0.25, 0.3) is 0 Å². The third-order valence-corrected chi connectivity index (χ3v) is 3.84. The van der Waals surface area contributed by atoms with E-state index in [-0.39, 0.29) is 18.0 Å². The molecule has 2 rings (SSSR count). The van der Waals surface area contributed by atoms with Crippen LogP contribution in [0.5, 0.6) is 0 Å². The topological polar surface area (TPSA) is 91.5 Å². The van der Waals surface area contributed by atoms with Crippen molar-refractivity contribution in [2.75, 3.05) is 13.6 Å². The fourth-order valence-electron chi connectivity index (χ4n) is 2.12. The van der Waals surface area contributed by atoms with Crippen LogP contribution < -0.4 is 5.32 Å². The van der Waals surface area contributed by atoms with Crippen LogP contribution in [0.3, 0.4) is 0 Å². The molecule has 2 amide bonds. The van der Waals surface area contributed by atoms with Gasteiger partial charge in [-0.2, -0.15) is 4.98 Å². The van der Waals surface area contributed by atoms with Gasteiger partial charge in [-0.15, -0.1) is 0 Å². The highest BCUT2D eigenvalue weighted by molar-refractivity contribution is 5.74. The zero-order chi connectivity index (χ0) is 16.3. The number of aliphatic hydroxyl groups is 1. The highest BCUT2D eigenvalue weighted by Gasteiger charge is 2.32. The summed E-state index contributed by atoms with van der Waals surface area (Å²) in [6.45, 7) is 6.20. The Morgan fingerprint density at radius 2 is 2.14 bits per heavy atom. The fourth-order valence-corrected chi connectivity index (χ4v) is 2.12. The second kappa shape index (κ2) is 7.09. The quantitative estimate of drug-likeness (QED) is 0.804. The number of rotatable bonds is 7. The summed E-state index contributed by atoms with van der Waals surface area (Å²) in [4.78, 5) is 18.2. The maximum Gasteiger partial charge on any atom is 0.317 e. The number of nitrogens with zero attached hydrogens (tertiary/aromatic N) is 3. The minimum absolute atomic E-state index is 0.140. The standard InChI is InChI=1S/C15H26N4O3/c1-9(2)12(14-17-13(18-22-14)11-5-6-11)16-15(21)19(4)8-7-10(3)20/h9-12,20H,5-8H2,1-4H3,(H,16,21). The Morgan fingerprint density at radius 1 is 1.45 bits per heavy atom. The van der Waals surface area contributed by atoms with Crippen molar-refractivity contribution in [3.8, 4) is 0 Å². The van der Waals surface area contributed by atoms with Crippen LogP contribution in [-0.2, 0) is 0 Å². The summed E-state index contributed by atoms with van der Waals surface area (Å²) in [6, 6.07) is -0.507. The predicted octanol–water partition coefficient (Wildman–Crippen LogP) is 2.06. The molecule has 1 saturated carbocycles. The Morgan fingerprint density at radius 3 is 2.68 bits per heavy atom. The largest absolute Gasteiger partial charge is 0.393 e. The lowest BCUT2D eigenvalue weighted by Crippen LogP contribution is -2.42. The summed E-state index contributed by atoms with van der Waals surface area (Å²) >= 11 is 0. The monoisotopic (exact) mass is 310 g/mol. The second-order valence-corrected chi connectivity index (χ2v) is 6.50. The zero-order valence-corrected chi connectivity index (χ0v) is 13.7. The lowest BCUT2D eigenvalue weighted by atomic mass is 10.0. The maximum atomic E-state index is 12.2. The molecule has 0 bridgehead atoms. The smallest absolute Gasteiger partial charge is 0.317 e. The van der Waals surface area contributed by atoms with Crippen LogP contribution in [0.4, 0.5) is 4.79 Å². The molecule has 22 heavy (non-hydrogen) atoms. The van der Waals surface area contributed by atoms with E-state index in [9.17, 15) is 9.90 Å². The van der Waals surface area contributed by atoms with Gasteiger partial charge in [0.2, 0.25) is 5.89 Å². The number of urea groups is 1. The van der Waals surface area contributed by atoms with Gasteiger partial charge in [0.25, 0.3) is 0 Å². The van der Waals surface area contributed by atoms with E-state index in [1.807, 2.05) is 13.8 Å². The summed E-state index contributed by atoms with van der Waals surface area (Å²) in [6.07, 6.45) is 2.34. The maximum absolute atomic E-state index is 12.2. The number of carbonyl (C=O) groups excluding carboxylic acids is 1. The Labute approximate surface area is 131 Å². The number of amides is 2. The normalized spacial score (nSPS) is 17.4. The van der Waals surface area contributed by atoms with Gasteiger partial charge in [0.05, 0.1) is 6.10 Å². The van der Waals surface area contributed by atoms with E-state index in [0.717, 1.165) is 18.7 Å². The second-order valence-electron chi connectivity index (χ2n) is 6.50. The molecule has 1 aromatic rings. The van der Waals surface area contributed by atoms with Crippen molar-refractivity contribution in [2.45, 2.75) is 58.1 Å². The van der Waals surface area contributed by atoms with Crippen molar-refractivity contribution in [1.29, 1.82) is 0 Å². The Kier molecular flexibility index (Phi) is 5.39. The number of nitrogens with one attached hydrogen (secondary N) is 1. The molecule has 0 saturated heterocycles. The molecule has 1 aliphatic rings. The number of hydrogen-bond acceptors (Lipinski definition) is 5. The average Bonchev–Trinajstić information content (AvgIpc) is 3.20. The number of carbonyl (C=O) groups is 1. The van der Waals surface area contributed by atoms with Gasteiger partial charge in [-0.1, -0.05) is 19.0 Å². The minimum Gasteiger partial charge on any atom is -0.393 e. The van der Waals surface area contributed by atoms with E-state index in [1.54, 1.807) is 18.9 Å². The van der Waals surface area contributed by atoms with Crippen molar-refractivity contribution in [2.24, 2.45) is 5.92 Å². The summed E-state index contributed by atoms with van der Waals surface area (Å²) in [7, 11) is 1.71. The molecule has 2 atom stereocenters. The van der Waals surface area contributed by atoms with Gasteiger partial charge in [-0.05, 0) is 32.1 Å². The molecule has 1 aromatic heterocycles. The van der Waals surface area contributed by atoms with Gasteiger partial charge in [0.15, 0.2) is 5.82 Å². The molecule has 1 fully saturated rings. The van der Waals surface area contributed by atoms with E-state index in [0.29, 0.717) is 24.8 Å². The first-order chi connectivity index (χ1) is 10.4. The first kappa shape index (κ1) is 16.7. The van der Waals surface area contributed by atoms with Crippen molar-refractivity contribution < 1.29 is 14.4 Å². The minimum atomic E-state index is -0.423. The molecule has 124 valence electrons. The first-order valence-electron chi connectivity index (χ1n) is 7.91. The van der Waals surface area contributed by atoms with Crippen LogP contribution in [-0.4, -0.2) is 45.9 Å². The highest BCUT2D eigenvalue weighted by atomic mass is 16.5. The van der Waals surface area contributed by atoms with E-state index in [4.69, 9.17) is 4.52 Å².